The third-order valence-electron chi connectivity index (χ3n) is 1.96. The van der Waals surface area contributed by atoms with E-state index in [0.29, 0.717) is 12.0 Å². The maximum atomic E-state index is 10.5. The molecular weight excluding hydrogens is 248 g/mol. The van der Waals surface area contributed by atoms with Gasteiger partial charge in [-0.25, -0.2) is 9.59 Å². The molecule has 0 saturated carbocycles. The fourth-order valence-corrected chi connectivity index (χ4v) is 1.19. The summed E-state index contributed by atoms with van der Waals surface area (Å²) >= 11 is 5.27. The van der Waals surface area contributed by atoms with Crippen LogP contribution in [0.2, 0.25) is 0 Å². The van der Waals surface area contributed by atoms with Gasteiger partial charge in [0.2, 0.25) is 0 Å². The Hall–Kier alpha value is -1.59. The predicted octanol–water partition coefficient (Wildman–Crippen LogP) is 1.71. The second kappa shape index (κ2) is 6.22. The number of carboxylic acid groups (broad SMARTS) is 2. The zero-order valence-electron chi connectivity index (χ0n) is 8.80. The Labute approximate surface area is 103 Å². The lowest BCUT2D eigenvalue weighted by atomic mass is 10.1. The van der Waals surface area contributed by atoms with Gasteiger partial charge in [-0.15, -0.1) is 11.6 Å². The average molecular weight is 259 g/mol. The Morgan fingerprint density at radius 3 is 1.82 bits per heavy atom. The van der Waals surface area contributed by atoms with Crippen molar-refractivity contribution >= 4 is 23.5 Å². The minimum atomic E-state index is -1.23. The highest BCUT2D eigenvalue weighted by Gasteiger charge is 2.19. The monoisotopic (exact) mass is 258 g/mol. The van der Waals surface area contributed by atoms with E-state index >= 15 is 0 Å². The number of ether oxygens (including phenoxy) is 1. The Kier molecular flexibility index (Phi) is 4.93. The number of carboxylic acids is 2. The molecule has 0 amide bonds. The predicted molar refractivity (Wildman–Crippen MR) is 60.8 cm³/mol. The first-order valence-electron chi connectivity index (χ1n) is 4.79. The summed E-state index contributed by atoms with van der Waals surface area (Å²) in [7, 11) is 0. The molecule has 0 aromatic heterocycles. The molecule has 2 rings (SSSR count). The summed E-state index contributed by atoms with van der Waals surface area (Å²) < 4.78 is 4.73. The third-order valence-corrected chi connectivity index (χ3v) is 2.31. The Morgan fingerprint density at radius 2 is 1.65 bits per heavy atom. The number of alkyl halides is 1. The van der Waals surface area contributed by atoms with Crippen LogP contribution in [-0.4, -0.2) is 40.7 Å². The normalized spacial score (nSPS) is 16.6. The topological polar surface area (TPSA) is 87.1 Å². The van der Waals surface area contributed by atoms with Crippen LogP contribution in [0.15, 0.2) is 24.3 Å². The van der Waals surface area contributed by atoms with Crippen LogP contribution in [0.1, 0.15) is 20.7 Å². The molecule has 1 aliphatic rings. The molecule has 92 valence electrons. The summed E-state index contributed by atoms with van der Waals surface area (Å²) in [6.45, 7) is 0.878. The van der Waals surface area contributed by atoms with Crippen LogP contribution in [0.3, 0.4) is 0 Å². The summed E-state index contributed by atoms with van der Waals surface area (Å²) in [5.41, 5.74) is -0.380. The zero-order chi connectivity index (χ0) is 12.8. The maximum Gasteiger partial charge on any atom is 0.336 e. The molecule has 0 radical (unpaired) electrons. The van der Waals surface area contributed by atoms with Gasteiger partial charge in [0.05, 0.1) is 29.7 Å². The van der Waals surface area contributed by atoms with Crippen LogP contribution in [0.5, 0.6) is 0 Å². The number of rotatable bonds is 3. The van der Waals surface area contributed by atoms with Crippen molar-refractivity contribution in [1.82, 2.24) is 0 Å². The maximum absolute atomic E-state index is 10.5. The van der Waals surface area contributed by atoms with Crippen molar-refractivity contribution in [3.8, 4) is 0 Å². The van der Waals surface area contributed by atoms with Gasteiger partial charge in [0.15, 0.2) is 0 Å². The van der Waals surface area contributed by atoms with Gasteiger partial charge in [-0.3, -0.25) is 0 Å². The van der Waals surface area contributed by atoms with Crippen LogP contribution in [0.4, 0.5) is 0 Å². The van der Waals surface area contributed by atoms with Crippen molar-refractivity contribution in [3.63, 3.8) is 0 Å². The second-order valence-corrected chi connectivity index (χ2v) is 3.57. The summed E-state index contributed by atoms with van der Waals surface area (Å²) in [5.74, 6) is -1.79. The molecule has 6 heteroatoms. The molecular formula is C11H11ClO5. The first-order chi connectivity index (χ1) is 8.06. The van der Waals surface area contributed by atoms with E-state index in [-0.39, 0.29) is 11.1 Å². The van der Waals surface area contributed by atoms with Crippen molar-refractivity contribution in [1.29, 1.82) is 0 Å². The SMILES string of the molecule is ClCC1CO1.O=C(O)c1ccccc1C(=O)O. The van der Waals surface area contributed by atoms with Crippen molar-refractivity contribution < 1.29 is 24.5 Å². The van der Waals surface area contributed by atoms with E-state index in [2.05, 4.69) is 0 Å². The molecule has 1 aromatic carbocycles. The molecule has 17 heavy (non-hydrogen) atoms. The highest BCUT2D eigenvalue weighted by atomic mass is 35.5. The van der Waals surface area contributed by atoms with E-state index in [9.17, 15) is 9.59 Å². The van der Waals surface area contributed by atoms with Crippen LogP contribution < -0.4 is 0 Å². The van der Waals surface area contributed by atoms with Crippen molar-refractivity contribution in [3.05, 3.63) is 35.4 Å². The standard InChI is InChI=1S/C8H6O4.C3H5ClO/c9-7(10)5-3-1-2-4-6(5)8(11)12;4-1-3-2-5-3/h1-4H,(H,9,10)(H,11,12);3H,1-2H2. The minimum absolute atomic E-state index is 0.190. The van der Waals surface area contributed by atoms with Gasteiger partial charge in [-0.05, 0) is 12.1 Å². The molecule has 0 bridgehead atoms. The van der Waals surface area contributed by atoms with Crippen LogP contribution >= 0.6 is 11.6 Å². The number of carbonyl (C=O) groups is 2. The second-order valence-electron chi connectivity index (χ2n) is 3.27. The van der Waals surface area contributed by atoms with E-state index in [0.717, 1.165) is 6.61 Å². The molecule has 1 fully saturated rings. The first-order valence-corrected chi connectivity index (χ1v) is 5.33. The lowest BCUT2D eigenvalue weighted by Gasteiger charge is -1.98. The Balaban J connectivity index is 0.000000239. The molecule has 1 heterocycles. The number of benzene rings is 1. The van der Waals surface area contributed by atoms with E-state index in [1.165, 1.54) is 24.3 Å². The Bertz CT molecular complexity index is 381. The van der Waals surface area contributed by atoms with Crippen LogP contribution in [0, 0.1) is 0 Å². The molecule has 1 aliphatic heterocycles. The van der Waals surface area contributed by atoms with E-state index in [1.807, 2.05) is 0 Å². The largest absolute Gasteiger partial charge is 0.478 e. The van der Waals surface area contributed by atoms with Gasteiger partial charge in [0.25, 0.3) is 0 Å². The summed E-state index contributed by atoms with van der Waals surface area (Å²) in [6.07, 6.45) is 0.400. The molecule has 2 N–H and O–H groups in total. The van der Waals surface area contributed by atoms with Crippen LogP contribution in [0.25, 0.3) is 0 Å². The summed E-state index contributed by atoms with van der Waals surface area (Å²) in [6, 6.07) is 5.48. The van der Waals surface area contributed by atoms with E-state index in [1.54, 1.807) is 0 Å². The minimum Gasteiger partial charge on any atom is -0.478 e. The van der Waals surface area contributed by atoms with Crippen molar-refractivity contribution in [2.24, 2.45) is 0 Å². The number of aromatic carboxylic acids is 2. The lowest BCUT2D eigenvalue weighted by Crippen LogP contribution is -2.06. The molecule has 0 spiro atoms. The fourth-order valence-electron chi connectivity index (χ4n) is 1.01. The highest BCUT2D eigenvalue weighted by Crippen LogP contribution is 2.09. The van der Waals surface area contributed by atoms with Gasteiger partial charge < -0.3 is 14.9 Å². The summed E-state index contributed by atoms with van der Waals surface area (Å²) in [5, 5.41) is 17.1. The number of hydrogen-bond donors (Lipinski definition) is 2. The van der Waals surface area contributed by atoms with Crippen LogP contribution in [-0.2, 0) is 4.74 Å². The molecule has 0 aliphatic carbocycles. The third kappa shape index (κ3) is 4.42. The Morgan fingerprint density at radius 1 is 1.24 bits per heavy atom. The smallest absolute Gasteiger partial charge is 0.336 e. The zero-order valence-corrected chi connectivity index (χ0v) is 9.55. The molecule has 1 atom stereocenters. The quantitative estimate of drug-likeness (QED) is 0.637. The molecule has 1 unspecified atom stereocenters. The fraction of sp³-hybridized carbons (Fsp3) is 0.273. The number of halogens is 1. The summed E-state index contributed by atoms with van der Waals surface area (Å²) in [4.78, 5) is 20.9. The van der Waals surface area contributed by atoms with Gasteiger partial charge in [-0.2, -0.15) is 0 Å². The van der Waals surface area contributed by atoms with E-state index in [4.69, 9.17) is 26.6 Å². The van der Waals surface area contributed by atoms with Gasteiger partial charge in [-0.1, -0.05) is 12.1 Å². The van der Waals surface area contributed by atoms with E-state index < -0.39 is 11.9 Å². The van der Waals surface area contributed by atoms with Crippen molar-refractivity contribution in [2.75, 3.05) is 12.5 Å². The number of epoxide rings is 1. The number of hydrogen-bond acceptors (Lipinski definition) is 3. The van der Waals surface area contributed by atoms with Gasteiger partial charge in [0.1, 0.15) is 0 Å². The van der Waals surface area contributed by atoms with Crippen molar-refractivity contribution in [2.45, 2.75) is 6.10 Å². The molecule has 1 saturated heterocycles. The van der Waals surface area contributed by atoms with Gasteiger partial charge >= 0.3 is 11.9 Å². The molecule has 1 aromatic rings. The van der Waals surface area contributed by atoms with Gasteiger partial charge in [0, 0.05) is 0 Å². The first kappa shape index (κ1) is 13.5. The highest BCUT2D eigenvalue weighted by molar-refractivity contribution is 6.18. The lowest BCUT2D eigenvalue weighted by molar-refractivity contribution is 0.0651. The average Bonchev–Trinajstić information content (AvgIpc) is 3.13. The molecule has 5 nitrogen and oxygen atoms in total.